The Morgan fingerprint density at radius 2 is 2.12 bits per heavy atom. The van der Waals surface area contributed by atoms with Crippen LogP contribution >= 0.6 is 0 Å². The fourth-order valence-corrected chi connectivity index (χ4v) is 2.31. The van der Waals surface area contributed by atoms with E-state index >= 15 is 0 Å². The highest BCUT2D eigenvalue weighted by Crippen LogP contribution is 2.18. The maximum absolute atomic E-state index is 4.37. The van der Waals surface area contributed by atoms with Gasteiger partial charge >= 0.3 is 0 Å². The van der Waals surface area contributed by atoms with Gasteiger partial charge in [-0.3, -0.25) is 0 Å². The van der Waals surface area contributed by atoms with Crippen molar-refractivity contribution in [2.24, 2.45) is 5.92 Å². The molecule has 0 spiro atoms. The summed E-state index contributed by atoms with van der Waals surface area (Å²) in [4.78, 5) is 9.06. The van der Waals surface area contributed by atoms with Gasteiger partial charge in [-0.05, 0) is 51.0 Å². The Morgan fingerprint density at radius 3 is 2.75 bits per heavy atom. The molecule has 1 aliphatic rings. The summed E-state index contributed by atoms with van der Waals surface area (Å²) in [5.41, 5.74) is 0. The Kier molecular flexibility index (Phi) is 3.78. The second-order valence-corrected chi connectivity index (χ2v) is 4.82. The van der Waals surface area contributed by atoms with Crippen LogP contribution in [-0.4, -0.2) is 43.6 Å². The first-order valence-corrected chi connectivity index (χ1v) is 6.06. The van der Waals surface area contributed by atoms with Crippen LogP contribution < -0.4 is 4.90 Å². The number of nitrogens with zero attached hydrogens (tertiary/aromatic N) is 3. The van der Waals surface area contributed by atoms with E-state index in [1.807, 2.05) is 18.3 Å². The van der Waals surface area contributed by atoms with Crippen LogP contribution in [0.4, 0.5) is 5.82 Å². The maximum atomic E-state index is 4.37. The van der Waals surface area contributed by atoms with Gasteiger partial charge in [0.05, 0.1) is 0 Å². The quantitative estimate of drug-likeness (QED) is 0.773. The van der Waals surface area contributed by atoms with Crippen molar-refractivity contribution < 1.29 is 0 Å². The Bertz CT molecular complexity index is 304. The van der Waals surface area contributed by atoms with Crippen molar-refractivity contribution >= 4 is 5.82 Å². The smallest absolute Gasteiger partial charge is 0.128 e. The molecule has 0 aliphatic carbocycles. The van der Waals surface area contributed by atoms with E-state index in [1.165, 1.54) is 25.9 Å². The number of hydrogen-bond donors (Lipinski definition) is 0. The summed E-state index contributed by atoms with van der Waals surface area (Å²) < 4.78 is 0. The molecule has 0 radical (unpaired) electrons. The molecule has 1 aliphatic heterocycles. The van der Waals surface area contributed by atoms with Gasteiger partial charge in [0, 0.05) is 19.8 Å². The topological polar surface area (TPSA) is 19.4 Å². The maximum Gasteiger partial charge on any atom is 0.128 e. The van der Waals surface area contributed by atoms with E-state index in [-0.39, 0.29) is 0 Å². The van der Waals surface area contributed by atoms with E-state index in [9.17, 15) is 0 Å². The monoisotopic (exact) mass is 219 g/mol. The molecule has 0 saturated carbocycles. The molecule has 1 aromatic heterocycles. The molecule has 2 rings (SSSR count). The van der Waals surface area contributed by atoms with Gasteiger partial charge in [0.1, 0.15) is 5.82 Å². The molecular weight excluding hydrogens is 198 g/mol. The predicted molar refractivity (Wildman–Crippen MR) is 67.7 cm³/mol. The highest BCUT2D eigenvalue weighted by atomic mass is 15.2. The lowest BCUT2D eigenvalue weighted by molar-refractivity contribution is 0.222. The summed E-state index contributed by atoms with van der Waals surface area (Å²) >= 11 is 0. The van der Waals surface area contributed by atoms with Crippen molar-refractivity contribution in [2.45, 2.75) is 12.8 Å². The lowest BCUT2D eigenvalue weighted by Crippen LogP contribution is -2.35. The van der Waals surface area contributed by atoms with Gasteiger partial charge in [-0.1, -0.05) is 6.07 Å². The standard InChI is InChI=1S/C13H21N3/c1-15-9-6-12(7-10-15)11-16(2)13-5-3-4-8-14-13/h3-5,8,12H,6-7,9-11H2,1-2H3. The molecule has 88 valence electrons. The van der Waals surface area contributed by atoms with E-state index in [0.29, 0.717) is 0 Å². The SMILES string of the molecule is CN1CCC(CN(C)c2ccccn2)CC1. The molecule has 16 heavy (non-hydrogen) atoms. The minimum Gasteiger partial charge on any atom is -0.359 e. The number of anilines is 1. The second kappa shape index (κ2) is 5.30. The van der Waals surface area contributed by atoms with E-state index in [4.69, 9.17) is 0 Å². The van der Waals surface area contributed by atoms with Gasteiger partial charge in [0.25, 0.3) is 0 Å². The lowest BCUT2D eigenvalue weighted by Gasteiger charge is -2.32. The van der Waals surface area contributed by atoms with Gasteiger partial charge in [0.2, 0.25) is 0 Å². The summed E-state index contributed by atoms with van der Waals surface area (Å²) in [5.74, 6) is 1.91. The van der Waals surface area contributed by atoms with Crippen molar-refractivity contribution in [3.8, 4) is 0 Å². The van der Waals surface area contributed by atoms with Gasteiger partial charge < -0.3 is 9.80 Å². The van der Waals surface area contributed by atoms with Crippen LogP contribution in [-0.2, 0) is 0 Å². The molecule has 0 aromatic carbocycles. The molecule has 0 bridgehead atoms. The molecule has 1 fully saturated rings. The van der Waals surface area contributed by atoms with Gasteiger partial charge in [0.15, 0.2) is 0 Å². The molecule has 3 nitrogen and oxygen atoms in total. The number of piperidine rings is 1. The Labute approximate surface area is 98.1 Å². The molecule has 1 saturated heterocycles. The van der Waals surface area contributed by atoms with Crippen molar-refractivity contribution in [2.75, 3.05) is 38.6 Å². The van der Waals surface area contributed by atoms with Crippen molar-refractivity contribution in [1.29, 1.82) is 0 Å². The molecule has 1 aromatic rings. The normalized spacial score (nSPS) is 18.6. The molecule has 2 heterocycles. The molecule has 3 heteroatoms. The predicted octanol–water partition coefficient (Wildman–Crippen LogP) is 1.86. The zero-order valence-electron chi connectivity index (χ0n) is 10.3. The van der Waals surface area contributed by atoms with Gasteiger partial charge in [-0.25, -0.2) is 4.98 Å². The molecule has 0 unspecified atom stereocenters. The highest BCUT2D eigenvalue weighted by Gasteiger charge is 2.18. The van der Waals surface area contributed by atoms with Crippen LogP contribution in [0.15, 0.2) is 24.4 Å². The van der Waals surface area contributed by atoms with Crippen molar-refractivity contribution in [1.82, 2.24) is 9.88 Å². The molecule has 0 atom stereocenters. The first-order valence-electron chi connectivity index (χ1n) is 6.06. The third kappa shape index (κ3) is 2.95. The minimum atomic E-state index is 0.822. The van der Waals surface area contributed by atoms with Gasteiger partial charge in [-0.2, -0.15) is 0 Å². The zero-order valence-corrected chi connectivity index (χ0v) is 10.3. The first-order chi connectivity index (χ1) is 7.75. The molecular formula is C13H21N3. The lowest BCUT2D eigenvalue weighted by atomic mass is 9.97. The summed E-state index contributed by atoms with van der Waals surface area (Å²) in [6.07, 6.45) is 4.49. The second-order valence-electron chi connectivity index (χ2n) is 4.82. The average Bonchev–Trinajstić information content (AvgIpc) is 2.33. The largest absolute Gasteiger partial charge is 0.359 e. The summed E-state index contributed by atoms with van der Waals surface area (Å²) in [6.45, 7) is 3.60. The minimum absolute atomic E-state index is 0.822. The van der Waals surface area contributed by atoms with E-state index in [2.05, 4.69) is 34.9 Å². The third-order valence-corrected chi connectivity index (χ3v) is 3.41. The summed E-state index contributed by atoms with van der Waals surface area (Å²) in [6, 6.07) is 6.09. The van der Waals surface area contributed by atoms with Crippen LogP contribution in [0, 0.1) is 5.92 Å². The Balaban J connectivity index is 1.86. The van der Waals surface area contributed by atoms with Crippen molar-refractivity contribution in [3.05, 3.63) is 24.4 Å². The number of likely N-dealkylation sites (tertiary alicyclic amines) is 1. The Morgan fingerprint density at radius 1 is 1.38 bits per heavy atom. The summed E-state index contributed by atoms with van der Waals surface area (Å²) in [5, 5.41) is 0. The number of aromatic nitrogens is 1. The molecule has 0 amide bonds. The van der Waals surface area contributed by atoms with Crippen LogP contribution in [0.5, 0.6) is 0 Å². The number of hydrogen-bond acceptors (Lipinski definition) is 3. The van der Waals surface area contributed by atoms with Crippen LogP contribution in [0.3, 0.4) is 0 Å². The summed E-state index contributed by atoms with van der Waals surface area (Å²) in [7, 11) is 4.35. The first kappa shape index (κ1) is 11.4. The van der Waals surface area contributed by atoms with Gasteiger partial charge in [-0.15, -0.1) is 0 Å². The number of pyridine rings is 1. The average molecular weight is 219 g/mol. The van der Waals surface area contributed by atoms with E-state index in [0.717, 1.165) is 18.3 Å². The van der Waals surface area contributed by atoms with Crippen LogP contribution in [0.1, 0.15) is 12.8 Å². The van der Waals surface area contributed by atoms with Crippen LogP contribution in [0.25, 0.3) is 0 Å². The fraction of sp³-hybridized carbons (Fsp3) is 0.615. The van der Waals surface area contributed by atoms with E-state index < -0.39 is 0 Å². The Hall–Kier alpha value is -1.09. The molecule has 0 N–H and O–H groups in total. The zero-order chi connectivity index (χ0) is 11.4. The number of rotatable bonds is 3. The van der Waals surface area contributed by atoms with Crippen molar-refractivity contribution in [3.63, 3.8) is 0 Å². The highest BCUT2D eigenvalue weighted by molar-refractivity contribution is 5.36. The van der Waals surface area contributed by atoms with Crippen LogP contribution in [0.2, 0.25) is 0 Å². The van der Waals surface area contributed by atoms with E-state index in [1.54, 1.807) is 0 Å². The third-order valence-electron chi connectivity index (χ3n) is 3.41. The fourth-order valence-electron chi connectivity index (χ4n) is 2.31.